The standard InChI is InChI=1S/2C11H18N2O3/c2*1-7-8(5-9(14)13-7)12-6-10(15)16-11(2,3)4/h2*5,7,12H,6H2,1-4H3,(H,13,14)/t2*7-/m00/s1. The predicted octanol–water partition coefficient (Wildman–Crippen LogP) is 0.640. The zero-order chi connectivity index (χ0) is 24.7. The number of amides is 2. The third kappa shape index (κ3) is 10.8. The average Bonchev–Trinajstić information content (AvgIpc) is 3.08. The van der Waals surface area contributed by atoms with Crippen molar-refractivity contribution in [2.45, 2.75) is 78.7 Å². The molecule has 2 rings (SSSR count). The van der Waals surface area contributed by atoms with Gasteiger partial charge >= 0.3 is 11.9 Å². The van der Waals surface area contributed by atoms with Crippen LogP contribution in [0.3, 0.4) is 0 Å². The SMILES string of the molecule is C[C@@H]1NC(=O)C=C1NCC(=O)OC(C)(C)C.C[C@@H]1NC(=O)C=C1NCC(=O)OC(C)(C)C. The van der Waals surface area contributed by atoms with E-state index in [1.807, 2.05) is 55.4 Å². The van der Waals surface area contributed by atoms with E-state index in [1.165, 1.54) is 12.2 Å². The van der Waals surface area contributed by atoms with Gasteiger partial charge in [0.1, 0.15) is 24.3 Å². The van der Waals surface area contributed by atoms with Gasteiger partial charge in [0.25, 0.3) is 0 Å². The van der Waals surface area contributed by atoms with Crippen LogP contribution in [0.2, 0.25) is 0 Å². The minimum atomic E-state index is -0.484. The van der Waals surface area contributed by atoms with E-state index in [9.17, 15) is 19.2 Å². The maximum atomic E-state index is 11.4. The molecule has 0 aliphatic carbocycles. The highest BCUT2D eigenvalue weighted by atomic mass is 16.6. The highest BCUT2D eigenvalue weighted by Crippen LogP contribution is 2.09. The average molecular weight is 453 g/mol. The minimum absolute atomic E-state index is 0.0718. The molecule has 0 aromatic rings. The number of carbonyl (C=O) groups is 4. The van der Waals surface area contributed by atoms with E-state index < -0.39 is 11.2 Å². The number of hydrogen-bond acceptors (Lipinski definition) is 8. The lowest BCUT2D eigenvalue weighted by molar-refractivity contribution is -0.154. The summed E-state index contributed by atoms with van der Waals surface area (Å²) in [6, 6.07) is -0.148. The zero-order valence-corrected chi connectivity index (χ0v) is 20.2. The molecule has 2 heterocycles. The first-order chi connectivity index (χ1) is 14.6. The Morgan fingerprint density at radius 3 is 1.31 bits per heavy atom. The number of nitrogens with one attached hydrogen (secondary N) is 4. The molecule has 0 saturated heterocycles. The first-order valence-electron chi connectivity index (χ1n) is 10.5. The fraction of sp³-hybridized carbons (Fsp3) is 0.636. The molecule has 0 bridgehead atoms. The third-order valence-electron chi connectivity index (χ3n) is 3.94. The van der Waals surface area contributed by atoms with Gasteiger partial charge in [-0.25, -0.2) is 0 Å². The molecule has 0 radical (unpaired) electrons. The third-order valence-corrected chi connectivity index (χ3v) is 3.94. The summed E-state index contributed by atoms with van der Waals surface area (Å²) >= 11 is 0. The van der Waals surface area contributed by atoms with Gasteiger partial charge in [0.15, 0.2) is 0 Å². The summed E-state index contributed by atoms with van der Waals surface area (Å²) in [5, 5.41) is 11.2. The molecule has 32 heavy (non-hydrogen) atoms. The largest absolute Gasteiger partial charge is 0.459 e. The molecule has 2 amide bonds. The smallest absolute Gasteiger partial charge is 0.325 e. The van der Waals surface area contributed by atoms with Crippen molar-refractivity contribution in [1.29, 1.82) is 0 Å². The number of ether oxygens (including phenoxy) is 2. The Morgan fingerprint density at radius 1 is 0.781 bits per heavy atom. The van der Waals surface area contributed by atoms with Crippen molar-refractivity contribution in [3.63, 3.8) is 0 Å². The molecule has 4 N–H and O–H groups in total. The van der Waals surface area contributed by atoms with Crippen molar-refractivity contribution in [3.05, 3.63) is 23.5 Å². The van der Waals surface area contributed by atoms with Crippen LogP contribution < -0.4 is 21.3 Å². The first kappa shape index (κ1) is 27.0. The highest BCUT2D eigenvalue weighted by molar-refractivity contribution is 5.92. The van der Waals surface area contributed by atoms with Gasteiger partial charge in [0.05, 0.1) is 12.1 Å². The predicted molar refractivity (Wildman–Crippen MR) is 119 cm³/mol. The lowest BCUT2D eigenvalue weighted by atomic mass is 10.2. The van der Waals surface area contributed by atoms with Crippen LogP contribution in [0.25, 0.3) is 0 Å². The Labute approximate surface area is 189 Å². The van der Waals surface area contributed by atoms with Crippen LogP contribution in [0.5, 0.6) is 0 Å². The number of rotatable bonds is 6. The summed E-state index contributed by atoms with van der Waals surface area (Å²) in [7, 11) is 0. The highest BCUT2D eigenvalue weighted by Gasteiger charge is 2.22. The molecule has 10 nitrogen and oxygen atoms in total. The summed E-state index contributed by atoms with van der Waals surface area (Å²) in [4.78, 5) is 44.8. The Kier molecular flexibility index (Phi) is 9.29. The first-order valence-corrected chi connectivity index (χ1v) is 10.5. The van der Waals surface area contributed by atoms with E-state index in [0.29, 0.717) is 0 Å². The molecule has 0 unspecified atom stereocenters. The normalized spacial score (nSPS) is 20.1. The van der Waals surface area contributed by atoms with Crippen molar-refractivity contribution in [2.24, 2.45) is 0 Å². The van der Waals surface area contributed by atoms with Crippen LogP contribution in [0.4, 0.5) is 0 Å². The molecule has 10 heteroatoms. The summed E-state index contributed by atoms with van der Waals surface area (Å²) in [6.45, 7) is 14.7. The Hall–Kier alpha value is -3.04. The second-order valence-corrected chi connectivity index (χ2v) is 9.54. The van der Waals surface area contributed by atoms with Crippen LogP contribution in [0, 0.1) is 0 Å². The van der Waals surface area contributed by atoms with Crippen molar-refractivity contribution in [3.8, 4) is 0 Å². The number of hydrogen-bond donors (Lipinski definition) is 4. The molecule has 0 saturated carbocycles. The summed E-state index contributed by atoms with van der Waals surface area (Å²) < 4.78 is 10.3. The second kappa shape index (κ2) is 11.0. The Morgan fingerprint density at radius 2 is 1.09 bits per heavy atom. The van der Waals surface area contributed by atoms with Crippen LogP contribution >= 0.6 is 0 Å². The molecule has 0 aromatic carbocycles. The Balaban J connectivity index is 0.000000320. The van der Waals surface area contributed by atoms with Crippen molar-refractivity contribution < 1.29 is 28.7 Å². The van der Waals surface area contributed by atoms with E-state index in [1.54, 1.807) is 0 Å². The van der Waals surface area contributed by atoms with Crippen LogP contribution in [0.1, 0.15) is 55.4 Å². The van der Waals surface area contributed by atoms with Crippen LogP contribution in [0.15, 0.2) is 23.5 Å². The van der Waals surface area contributed by atoms with Crippen molar-refractivity contribution in [2.75, 3.05) is 13.1 Å². The van der Waals surface area contributed by atoms with E-state index in [4.69, 9.17) is 9.47 Å². The number of carbonyl (C=O) groups excluding carboxylic acids is 4. The fourth-order valence-corrected chi connectivity index (χ4v) is 2.71. The molecular weight excluding hydrogens is 416 g/mol. The maximum absolute atomic E-state index is 11.4. The molecule has 0 aromatic heterocycles. The monoisotopic (exact) mass is 452 g/mol. The van der Waals surface area contributed by atoms with Gasteiger partial charge in [-0.05, 0) is 55.4 Å². The molecule has 180 valence electrons. The van der Waals surface area contributed by atoms with E-state index in [2.05, 4.69) is 21.3 Å². The van der Waals surface area contributed by atoms with Gasteiger partial charge in [0.2, 0.25) is 11.8 Å². The van der Waals surface area contributed by atoms with Crippen molar-refractivity contribution in [1.82, 2.24) is 21.3 Å². The summed E-state index contributed by atoms with van der Waals surface area (Å²) in [5.74, 6) is -0.946. The van der Waals surface area contributed by atoms with Gasteiger partial charge in [-0.2, -0.15) is 0 Å². The van der Waals surface area contributed by atoms with Gasteiger partial charge in [-0.15, -0.1) is 0 Å². The number of esters is 2. The second-order valence-electron chi connectivity index (χ2n) is 9.54. The van der Waals surface area contributed by atoms with Crippen molar-refractivity contribution >= 4 is 23.8 Å². The van der Waals surface area contributed by atoms with E-state index in [0.717, 1.165) is 11.4 Å². The Bertz CT molecular complexity index is 723. The zero-order valence-electron chi connectivity index (χ0n) is 20.2. The van der Waals surface area contributed by atoms with Gasteiger partial charge in [-0.1, -0.05) is 0 Å². The minimum Gasteiger partial charge on any atom is -0.459 e. The maximum Gasteiger partial charge on any atom is 0.325 e. The van der Waals surface area contributed by atoms with Gasteiger partial charge in [0, 0.05) is 23.5 Å². The summed E-state index contributed by atoms with van der Waals surface area (Å²) in [6.07, 6.45) is 2.91. The molecule has 2 atom stereocenters. The molecular formula is C22H36N4O6. The van der Waals surface area contributed by atoms with Crippen LogP contribution in [-0.4, -0.2) is 60.1 Å². The quantitative estimate of drug-likeness (QED) is 0.431. The molecule has 0 spiro atoms. The summed E-state index contributed by atoms with van der Waals surface area (Å²) in [5.41, 5.74) is 0.470. The lowest BCUT2D eigenvalue weighted by Gasteiger charge is -2.20. The molecule has 2 aliphatic rings. The molecule has 2 aliphatic heterocycles. The van der Waals surface area contributed by atoms with Gasteiger partial charge < -0.3 is 30.7 Å². The van der Waals surface area contributed by atoms with Gasteiger partial charge in [-0.3, -0.25) is 19.2 Å². The van der Waals surface area contributed by atoms with E-state index in [-0.39, 0.29) is 48.9 Å². The van der Waals surface area contributed by atoms with Crippen LogP contribution in [-0.2, 0) is 28.7 Å². The molecule has 0 fully saturated rings. The lowest BCUT2D eigenvalue weighted by Crippen LogP contribution is -2.35. The fourth-order valence-electron chi connectivity index (χ4n) is 2.71. The topological polar surface area (TPSA) is 135 Å². The van der Waals surface area contributed by atoms with E-state index >= 15 is 0 Å².